The van der Waals surface area contributed by atoms with Crippen molar-refractivity contribution in [3.63, 3.8) is 0 Å². The Bertz CT molecular complexity index is 535. The predicted octanol–water partition coefficient (Wildman–Crippen LogP) is 0.430. The third-order valence-electron chi connectivity index (χ3n) is 1.85. The van der Waals surface area contributed by atoms with E-state index in [9.17, 15) is 18.7 Å². The number of hydrogen-bond acceptors (Lipinski definition) is 8. The molecule has 0 fully saturated rings. The molecule has 0 saturated heterocycles. The summed E-state index contributed by atoms with van der Waals surface area (Å²) >= 11 is 0. The first kappa shape index (κ1) is 26.9. The molecule has 0 aliphatic heterocycles. The van der Waals surface area contributed by atoms with E-state index in [1.807, 2.05) is 0 Å². The molecule has 0 aliphatic carbocycles. The molecule has 4 N–H and O–H groups in total. The number of rotatable bonds is 10. The van der Waals surface area contributed by atoms with Crippen LogP contribution in [0.3, 0.4) is 0 Å². The van der Waals surface area contributed by atoms with Gasteiger partial charge < -0.3 is 29.0 Å². The SMILES string of the molecule is C=C(C)C(=O)OCCOP(=O)(O)O.C=C(C)C(=O)OCCOP(=O)(O)O. The van der Waals surface area contributed by atoms with Crippen molar-refractivity contribution in [3.8, 4) is 0 Å². The standard InChI is InChI=1S/2C6H11O6P/c2*1-5(2)6(7)11-3-4-12-13(8,9)10/h2*1,3-4H2,2H3,(H2,8,9,10). The van der Waals surface area contributed by atoms with Crippen molar-refractivity contribution in [2.75, 3.05) is 26.4 Å². The van der Waals surface area contributed by atoms with E-state index in [1.54, 1.807) is 0 Å². The van der Waals surface area contributed by atoms with Gasteiger partial charge in [-0.3, -0.25) is 9.05 Å². The molecular formula is C12H22O12P2. The van der Waals surface area contributed by atoms with Gasteiger partial charge in [-0.15, -0.1) is 0 Å². The lowest BCUT2D eigenvalue weighted by atomic mass is 10.4. The van der Waals surface area contributed by atoms with Crippen LogP contribution in [-0.2, 0) is 37.2 Å². The van der Waals surface area contributed by atoms with Crippen LogP contribution in [0.25, 0.3) is 0 Å². The van der Waals surface area contributed by atoms with Crippen molar-refractivity contribution in [2.24, 2.45) is 0 Å². The fourth-order valence-corrected chi connectivity index (χ4v) is 1.45. The van der Waals surface area contributed by atoms with Gasteiger partial charge in [0.2, 0.25) is 0 Å². The third-order valence-corrected chi connectivity index (χ3v) is 2.89. The van der Waals surface area contributed by atoms with E-state index in [1.165, 1.54) is 13.8 Å². The maximum absolute atomic E-state index is 10.7. The van der Waals surface area contributed by atoms with Crippen LogP contribution in [0, 0.1) is 0 Å². The zero-order valence-electron chi connectivity index (χ0n) is 14.2. The van der Waals surface area contributed by atoms with Gasteiger partial charge in [-0.05, 0) is 13.8 Å². The number of hydrogen-bond donors (Lipinski definition) is 4. The van der Waals surface area contributed by atoms with Crippen LogP contribution in [-0.4, -0.2) is 57.9 Å². The van der Waals surface area contributed by atoms with Crippen molar-refractivity contribution in [3.05, 3.63) is 24.3 Å². The molecule has 152 valence electrons. The molecule has 0 aromatic rings. The number of carbonyl (C=O) groups is 2. The molecule has 0 unspecified atom stereocenters. The first-order valence-electron chi connectivity index (χ1n) is 6.71. The first-order chi connectivity index (χ1) is 11.7. The van der Waals surface area contributed by atoms with Crippen LogP contribution in [0.5, 0.6) is 0 Å². The summed E-state index contributed by atoms with van der Waals surface area (Å²) in [5.41, 5.74) is 0.437. The molecular weight excluding hydrogens is 398 g/mol. The molecule has 0 aromatic heterocycles. The van der Waals surface area contributed by atoms with Crippen LogP contribution in [0.15, 0.2) is 24.3 Å². The zero-order chi connectivity index (χ0) is 21.0. The summed E-state index contributed by atoms with van der Waals surface area (Å²) in [6.07, 6.45) is 0. The highest BCUT2D eigenvalue weighted by atomic mass is 31.2. The molecule has 12 nitrogen and oxygen atoms in total. The maximum Gasteiger partial charge on any atom is 0.469 e. The van der Waals surface area contributed by atoms with Crippen molar-refractivity contribution < 1.29 is 56.8 Å². The highest BCUT2D eigenvalue weighted by Gasteiger charge is 2.14. The quantitative estimate of drug-likeness (QED) is 0.165. The lowest BCUT2D eigenvalue weighted by Gasteiger charge is -2.05. The number of phosphoric acid groups is 2. The molecule has 0 saturated carbocycles. The van der Waals surface area contributed by atoms with E-state index in [0.29, 0.717) is 0 Å². The topological polar surface area (TPSA) is 186 Å². The Morgan fingerprint density at radius 3 is 1.19 bits per heavy atom. The Morgan fingerprint density at radius 1 is 0.731 bits per heavy atom. The lowest BCUT2D eigenvalue weighted by molar-refractivity contribution is -0.140. The van der Waals surface area contributed by atoms with Crippen molar-refractivity contribution >= 4 is 27.6 Å². The Morgan fingerprint density at radius 2 is 1.00 bits per heavy atom. The zero-order valence-corrected chi connectivity index (χ0v) is 16.0. The summed E-state index contributed by atoms with van der Waals surface area (Å²) in [6, 6.07) is 0. The van der Waals surface area contributed by atoms with Crippen LogP contribution in [0.4, 0.5) is 0 Å². The van der Waals surface area contributed by atoms with Gasteiger partial charge in [0.25, 0.3) is 0 Å². The minimum atomic E-state index is -4.46. The predicted molar refractivity (Wildman–Crippen MR) is 87.5 cm³/mol. The molecule has 14 heteroatoms. The van der Waals surface area contributed by atoms with Gasteiger partial charge in [0.15, 0.2) is 0 Å². The van der Waals surface area contributed by atoms with E-state index < -0.39 is 27.6 Å². The van der Waals surface area contributed by atoms with E-state index in [4.69, 9.17) is 19.6 Å². The summed E-state index contributed by atoms with van der Waals surface area (Å²) in [4.78, 5) is 54.3. The monoisotopic (exact) mass is 420 g/mol. The highest BCUT2D eigenvalue weighted by molar-refractivity contribution is 7.46. The normalized spacial score (nSPS) is 11.0. The van der Waals surface area contributed by atoms with Crippen LogP contribution >= 0.6 is 15.6 Å². The van der Waals surface area contributed by atoms with E-state index in [2.05, 4.69) is 31.7 Å². The van der Waals surface area contributed by atoms with E-state index in [0.717, 1.165) is 0 Å². The molecule has 26 heavy (non-hydrogen) atoms. The van der Waals surface area contributed by atoms with Crippen molar-refractivity contribution in [1.29, 1.82) is 0 Å². The fourth-order valence-electron chi connectivity index (χ4n) is 0.827. The van der Waals surface area contributed by atoms with Crippen LogP contribution < -0.4 is 0 Å². The van der Waals surface area contributed by atoms with Crippen molar-refractivity contribution in [1.82, 2.24) is 0 Å². The molecule has 0 aliphatic rings. The molecule has 0 radical (unpaired) electrons. The highest BCUT2D eigenvalue weighted by Crippen LogP contribution is 2.35. The van der Waals surface area contributed by atoms with Gasteiger partial charge in [0, 0.05) is 11.1 Å². The molecule has 0 bridgehead atoms. The van der Waals surface area contributed by atoms with E-state index in [-0.39, 0.29) is 37.6 Å². The number of esters is 2. The second kappa shape index (κ2) is 12.9. The summed E-state index contributed by atoms with van der Waals surface area (Å²) in [5, 5.41) is 0. The largest absolute Gasteiger partial charge is 0.469 e. The number of carbonyl (C=O) groups excluding carboxylic acids is 2. The maximum atomic E-state index is 10.7. The minimum Gasteiger partial charge on any atom is -0.460 e. The Balaban J connectivity index is 0. The second-order valence-corrected chi connectivity index (χ2v) is 6.96. The number of ether oxygens (including phenoxy) is 2. The Hall–Kier alpha value is -1.36. The number of phosphoric ester groups is 2. The van der Waals surface area contributed by atoms with Gasteiger partial charge in [-0.1, -0.05) is 13.2 Å². The molecule has 0 heterocycles. The van der Waals surface area contributed by atoms with Crippen molar-refractivity contribution in [2.45, 2.75) is 13.8 Å². The molecule has 0 spiro atoms. The van der Waals surface area contributed by atoms with E-state index >= 15 is 0 Å². The van der Waals surface area contributed by atoms with Crippen LogP contribution in [0.2, 0.25) is 0 Å². The third kappa shape index (κ3) is 20.7. The van der Waals surface area contributed by atoms with Gasteiger partial charge in [-0.2, -0.15) is 0 Å². The molecule has 0 amide bonds. The van der Waals surface area contributed by atoms with Gasteiger partial charge in [-0.25, -0.2) is 18.7 Å². The second-order valence-electron chi connectivity index (χ2n) is 4.48. The fraction of sp³-hybridized carbons (Fsp3) is 0.500. The average molecular weight is 420 g/mol. The van der Waals surface area contributed by atoms with Gasteiger partial charge in [0.05, 0.1) is 13.2 Å². The van der Waals surface area contributed by atoms with Crippen LogP contribution in [0.1, 0.15) is 13.8 Å². The lowest BCUT2D eigenvalue weighted by Crippen LogP contribution is -2.10. The smallest absolute Gasteiger partial charge is 0.460 e. The summed E-state index contributed by atoms with van der Waals surface area (Å²) in [7, 11) is -8.93. The molecule has 0 rings (SSSR count). The summed E-state index contributed by atoms with van der Waals surface area (Å²) < 4.78 is 37.3. The molecule has 0 atom stereocenters. The Labute approximate surface area is 149 Å². The summed E-state index contributed by atoms with van der Waals surface area (Å²) in [6.45, 7) is 8.45. The minimum absolute atomic E-state index is 0.212. The first-order valence-corrected chi connectivity index (χ1v) is 9.77. The van der Waals surface area contributed by atoms with Gasteiger partial charge >= 0.3 is 27.6 Å². The Kier molecular flexibility index (Phi) is 13.3. The summed E-state index contributed by atoms with van der Waals surface area (Å²) in [5.74, 6) is -1.23. The molecule has 0 aromatic carbocycles. The van der Waals surface area contributed by atoms with Gasteiger partial charge in [0.1, 0.15) is 13.2 Å². The average Bonchev–Trinajstić information content (AvgIpc) is 2.46.